The molecule has 4 heteroatoms. The van der Waals surface area contributed by atoms with Crippen molar-refractivity contribution in [3.8, 4) is 0 Å². The molecule has 0 aliphatic carbocycles. The molecule has 1 aliphatic heterocycles. The second kappa shape index (κ2) is 7.93. The second-order valence-corrected chi connectivity index (χ2v) is 8.31. The largest absolute Gasteiger partial charge is 0.393 e. The molecular formula is C13H26O2S2. The first-order chi connectivity index (χ1) is 8.04. The first kappa shape index (κ1) is 15.7. The van der Waals surface area contributed by atoms with Crippen LogP contribution < -0.4 is 0 Å². The van der Waals surface area contributed by atoms with Crippen LogP contribution in [0, 0.1) is 0 Å². The summed E-state index contributed by atoms with van der Waals surface area (Å²) in [7, 11) is 0. The zero-order valence-electron chi connectivity index (χ0n) is 11.0. The minimum atomic E-state index is -0.166. The average Bonchev–Trinajstić information content (AvgIpc) is 2.66. The molecule has 0 aromatic rings. The summed E-state index contributed by atoms with van der Waals surface area (Å²) in [5, 5.41) is 18.6. The summed E-state index contributed by atoms with van der Waals surface area (Å²) in [5.41, 5.74) is 0. The fourth-order valence-corrected chi connectivity index (χ4v) is 5.64. The maximum atomic E-state index is 9.31. The molecule has 17 heavy (non-hydrogen) atoms. The van der Waals surface area contributed by atoms with Crippen LogP contribution in [-0.4, -0.2) is 38.0 Å². The van der Waals surface area contributed by atoms with Gasteiger partial charge < -0.3 is 10.2 Å². The maximum absolute atomic E-state index is 9.31. The monoisotopic (exact) mass is 278 g/mol. The van der Waals surface area contributed by atoms with Crippen molar-refractivity contribution in [1.82, 2.24) is 0 Å². The van der Waals surface area contributed by atoms with E-state index in [0.717, 1.165) is 25.7 Å². The molecule has 1 aliphatic rings. The van der Waals surface area contributed by atoms with Gasteiger partial charge in [-0.3, -0.25) is 0 Å². The topological polar surface area (TPSA) is 40.5 Å². The van der Waals surface area contributed by atoms with Gasteiger partial charge in [-0.25, -0.2) is 0 Å². The lowest BCUT2D eigenvalue weighted by molar-refractivity contribution is 0.177. The first-order valence-corrected chi connectivity index (χ1v) is 8.65. The van der Waals surface area contributed by atoms with Crippen molar-refractivity contribution in [3.63, 3.8) is 0 Å². The Hall–Kier alpha value is 0.620. The highest BCUT2D eigenvalue weighted by molar-refractivity contribution is 8.21. The minimum absolute atomic E-state index is 0.166. The fraction of sp³-hybridized carbons (Fsp3) is 1.00. The van der Waals surface area contributed by atoms with Gasteiger partial charge in [0.25, 0.3) is 0 Å². The number of thioether (sulfide) groups is 2. The zero-order valence-corrected chi connectivity index (χ0v) is 12.7. The predicted octanol–water partition coefficient (Wildman–Crippen LogP) is 3.26. The zero-order chi connectivity index (χ0) is 12.7. The van der Waals surface area contributed by atoms with Gasteiger partial charge in [0.2, 0.25) is 0 Å². The van der Waals surface area contributed by atoms with Gasteiger partial charge in [0.15, 0.2) is 0 Å². The molecule has 0 unspecified atom stereocenters. The van der Waals surface area contributed by atoms with Crippen molar-refractivity contribution in [2.75, 3.05) is 11.5 Å². The second-order valence-electron chi connectivity index (χ2n) is 5.09. The van der Waals surface area contributed by atoms with E-state index in [4.69, 9.17) is 0 Å². The van der Waals surface area contributed by atoms with Crippen LogP contribution in [0.4, 0.5) is 0 Å². The van der Waals surface area contributed by atoms with Crippen molar-refractivity contribution in [1.29, 1.82) is 0 Å². The highest BCUT2D eigenvalue weighted by Gasteiger charge is 2.34. The Morgan fingerprint density at radius 2 is 1.35 bits per heavy atom. The van der Waals surface area contributed by atoms with Crippen LogP contribution in [0.2, 0.25) is 0 Å². The van der Waals surface area contributed by atoms with E-state index in [1.807, 2.05) is 13.8 Å². The molecule has 0 bridgehead atoms. The third-order valence-electron chi connectivity index (χ3n) is 3.17. The average molecular weight is 278 g/mol. The molecule has 0 saturated carbocycles. The Morgan fingerprint density at radius 1 is 0.941 bits per heavy atom. The molecule has 0 aromatic heterocycles. The summed E-state index contributed by atoms with van der Waals surface area (Å²) in [6.07, 6.45) is 6.14. The Morgan fingerprint density at radius 3 is 1.71 bits per heavy atom. The normalized spacial score (nSPS) is 22.6. The molecule has 0 radical (unpaired) electrons. The summed E-state index contributed by atoms with van der Waals surface area (Å²) in [6.45, 7) is 3.74. The van der Waals surface area contributed by atoms with Crippen molar-refractivity contribution >= 4 is 23.5 Å². The Bertz CT molecular complexity index is 186. The molecule has 1 fully saturated rings. The molecule has 102 valence electrons. The summed E-state index contributed by atoms with van der Waals surface area (Å²) in [5.74, 6) is 2.52. The first-order valence-electron chi connectivity index (χ1n) is 6.68. The molecule has 2 N–H and O–H groups in total. The SMILES string of the molecule is C[C@H](O)CCCC1(CCC[C@H](C)O)SCCS1. The van der Waals surface area contributed by atoms with E-state index in [1.54, 1.807) is 0 Å². The van der Waals surface area contributed by atoms with E-state index in [1.165, 1.54) is 24.3 Å². The summed E-state index contributed by atoms with van der Waals surface area (Å²) in [4.78, 5) is 0. The third kappa shape index (κ3) is 6.37. The minimum Gasteiger partial charge on any atom is -0.393 e. The van der Waals surface area contributed by atoms with Crippen LogP contribution in [0.1, 0.15) is 52.4 Å². The van der Waals surface area contributed by atoms with Gasteiger partial charge in [-0.2, -0.15) is 0 Å². The molecule has 0 spiro atoms. The summed E-state index contributed by atoms with van der Waals surface area (Å²) in [6, 6.07) is 0. The van der Waals surface area contributed by atoms with Crippen LogP contribution in [0.15, 0.2) is 0 Å². The van der Waals surface area contributed by atoms with Crippen LogP contribution in [0.3, 0.4) is 0 Å². The van der Waals surface area contributed by atoms with Crippen molar-refractivity contribution in [3.05, 3.63) is 0 Å². The third-order valence-corrected chi connectivity index (χ3v) is 6.82. The van der Waals surface area contributed by atoms with E-state index in [0.29, 0.717) is 4.08 Å². The fourth-order valence-electron chi connectivity index (χ4n) is 2.24. The lowest BCUT2D eigenvalue weighted by atomic mass is 10.0. The van der Waals surface area contributed by atoms with Gasteiger partial charge in [-0.05, 0) is 52.4 Å². The van der Waals surface area contributed by atoms with Crippen LogP contribution in [-0.2, 0) is 0 Å². The maximum Gasteiger partial charge on any atom is 0.0611 e. The number of rotatable bonds is 8. The Kier molecular flexibility index (Phi) is 7.31. The standard InChI is InChI=1S/C13H26O2S2/c1-11(14)5-3-7-13(16-9-10-17-13)8-4-6-12(2)15/h11-12,14-15H,3-10H2,1-2H3/t11-,12-/m0/s1. The van der Waals surface area contributed by atoms with Gasteiger partial charge in [-0.1, -0.05) is 0 Å². The number of aliphatic hydroxyl groups is 2. The van der Waals surface area contributed by atoms with Gasteiger partial charge in [0, 0.05) is 11.5 Å². The molecular weight excluding hydrogens is 252 g/mol. The molecule has 2 nitrogen and oxygen atoms in total. The van der Waals surface area contributed by atoms with Gasteiger partial charge >= 0.3 is 0 Å². The number of hydrogen-bond acceptors (Lipinski definition) is 4. The Balaban J connectivity index is 2.29. The smallest absolute Gasteiger partial charge is 0.0611 e. The lowest BCUT2D eigenvalue weighted by Gasteiger charge is -2.27. The molecule has 1 heterocycles. The highest BCUT2D eigenvalue weighted by atomic mass is 32.2. The van der Waals surface area contributed by atoms with E-state index >= 15 is 0 Å². The van der Waals surface area contributed by atoms with E-state index in [-0.39, 0.29) is 12.2 Å². The van der Waals surface area contributed by atoms with E-state index in [2.05, 4.69) is 23.5 Å². The molecule has 0 aromatic carbocycles. The van der Waals surface area contributed by atoms with E-state index < -0.39 is 0 Å². The van der Waals surface area contributed by atoms with Crippen LogP contribution in [0.25, 0.3) is 0 Å². The van der Waals surface area contributed by atoms with Crippen molar-refractivity contribution in [2.45, 2.75) is 68.7 Å². The Labute approximate surface area is 114 Å². The van der Waals surface area contributed by atoms with Gasteiger partial charge in [0.1, 0.15) is 0 Å². The highest BCUT2D eigenvalue weighted by Crippen LogP contribution is 2.50. The molecule has 1 saturated heterocycles. The summed E-state index contributed by atoms with van der Waals surface area (Å²) < 4.78 is 0.379. The van der Waals surface area contributed by atoms with Gasteiger partial charge in [0.05, 0.1) is 16.3 Å². The molecule has 2 atom stereocenters. The van der Waals surface area contributed by atoms with Crippen molar-refractivity contribution in [2.24, 2.45) is 0 Å². The quantitative estimate of drug-likeness (QED) is 0.715. The van der Waals surface area contributed by atoms with Crippen LogP contribution >= 0.6 is 23.5 Å². The predicted molar refractivity (Wildman–Crippen MR) is 78.7 cm³/mol. The van der Waals surface area contributed by atoms with Crippen molar-refractivity contribution < 1.29 is 10.2 Å². The summed E-state index contributed by atoms with van der Waals surface area (Å²) >= 11 is 4.19. The molecule has 0 amide bonds. The number of hydrogen-bond donors (Lipinski definition) is 2. The lowest BCUT2D eigenvalue weighted by Crippen LogP contribution is -2.18. The van der Waals surface area contributed by atoms with Crippen LogP contribution in [0.5, 0.6) is 0 Å². The van der Waals surface area contributed by atoms with Gasteiger partial charge in [-0.15, -0.1) is 23.5 Å². The number of aliphatic hydroxyl groups excluding tert-OH is 2. The molecule has 1 rings (SSSR count). The van der Waals surface area contributed by atoms with E-state index in [9.17, 15) is 10.2 Å².